The lowest BCUT2D eigenvalue weighted by Crippen LogP contribution is -2.44. The van der Waals surface area contributed by atoms with Crippen LogP contribution in [0.1, 0.15) is 30.5 Å². The van der Waals surface area contributed by atoms with Gasteiger partial charge in [-0.15, -0.1) is 0 Å². The van der Waals surface area contributed by atoms with Crippen LogP contribution in [0.2, 0.25) is 5.02 Å². The summed E-state index contributed by atoms with van der Waals surface area (Å²) < 4.78 is 11.5. The van der Waals surface area contributed by atoms with Crippen molar-refractivity contribution in [3.8, 4) is 5.75 Å². The van der Waals surface area contributed by atoms with Crippen molar-refractivity contribution in [1.82, 2.24) is 10.2 Å². The minimum Gasteiger partial charge on any atom is -0.492 e. The van der Waals surface area contributed by atoms with Gasteiger partial charge in [0.05, 0.1) is 18.1 Å². The van der Waals surface area contributed by atoms with Crippen molar-refractivity contribution in [1.29, 1.82) is 0 Å². The van der Waals surface area contributed by atoms with Crippen molar-refractivity contribution in [2.24, 2.45) is 5.92 Å². The Kier molecular flexibility index (Phi) is 6.61. The van der Waals surface area contributed by atoms with E-state index in [0.717, 1.165) is 36.5 Å². The van der Waals surface area contributed by atoms with Gasteiger partial charge in [0.15, 0.2) is 0 Å². The molecule has 0 spiro atoms. The second-order valence-electron chi connectivity index (χ2n) is 8.45. The van der Waals surface area contributed by atoms with Gasteiger partial charge in [0.1, 0.15) is 12.4 Å². The molecule has 160 valence electrons. The van der Waals surface area contributed by atoms with Crippen LogP contribution in [0, 0.1) is 5.92 Å². The average Bonchev–Trinajstić information content (AvgIpc) is 2.71. The second-order valence-corrected chi connectivity index (χ2v) is 8.89. The topological polar surface area (TPSA) is 50.8 Å². The molecule has 2 heterocycles. The van der Waals surface area contributed by atoms with Crippen LogP contribution >= 0.6 is 11.6 Å². The van der Waals surface area contributed by atoms with Crippen LogP contribution in [-0.2, 0) is 29.0 Å². The first-order chi connectivity index (χ1) is 14.5. The van der Waals surface area contributed by atoms with Crippen LogP contribution in [0.15, 0.2) is 42.5 Å². The Morgan fingerprint density at radius 1 is 1.10 bits per heavy atom. The molecule has 1 amide bonds. The lowest BCUT2D eigenvalue weighted by molar-refractivity contribution is -0.126. The molecule has 0 radical (unpaired) electrons. The van der Waals surface area contributed by atoms with E-state index in [4.69, 9.17) is 21.1 Å². The first-order valence-electron chi connectivity index (χ1n) is 10.6. The number of morpholine rings is 1. The fraction of sp³-hybridized carbons (Fsp3) is 0.458. The number of nitrogens with zero attached hydrogens (tertiary/aromatic N) is 1. The fourth-order valence-corrected chi connectivity index (χ4v) is 4.49. The quantitative estimate of drug-likeness (QED) is 0.786. The van der Waals surface area contributed by atoms with Gasteiger partial charge in [-0.1, -0.05) is 35.9 Å². The van der Waals surface area contributed by atoms with Crippen LogP contribution in [0.25, 0.3) is 0 Å². The fourth-order valence-electron chi connectivity index (χ4n) is 4.30. The molecular weight excluding hydrogens is 400 g/mol. The Morgan fingerprint density at radius 3 is 2.53 bits per heavy atom. The zero-order chi connectivity index (χ0) is 21.1. The third-order valence-electron chi connectivity index (χ3n) is 5.69. The zero-order valence-electron chi connectivity index (χ0n) is 17.6. The van der Waals surface area contributed by atoms with Gasteiger partial charge in [-0.3, -0.25) is 9.69 Å². The van der Waals surface area contributed by atoms with Crippen molar-refractivity contribution < 1.29 is 14.3 Å². The predicted molar refractivity (Wildman–Crippen MR) is 118 cm³/mol. The maximum atomic E-state index is 12.6. The summed E-state index contributed by atoms with van der Waals surface area (Å²) in [6, 6.07) is 14.0. The number of carbonyl (C=O) groups excluding carboxylic acids is 1. The number of ether oxygens (including phenoxy) is 2. The number of hydrogen-bond acceptors (Lipinski definition) is 4. The van der Waals surface area contributed by atoms with E-state index in [-0.39, 0.29) is 24.0 Å². The molecule has 6 heteroatoms. The van der Waals surface area contributed by atoms with Gasteiger partial charge in [0.2, 0.25) is 5.91 Å². The van der Waals surface area contributed by atoms with Crippen molar-refractivity contribution in [2.75, 3.05) is 19.7 Å². The third kappa shape index (κ3) is 5.34. The molecule has 2 aromatic carbocycles. The summed E-state index contributed by atoms with van der Waals surface area (Å²) in [6.07, 6.45) is 1.20. The first kappa shape index (κ1) is 21.2. The lowest BCUT2D eigenvalue weighted by Gasteiger charge is -2.35. The van der Waals surface area contributed by atoms with E-state index in [2.05, 4.69) is 48.3 Å². The maximum Gasteiger partial charge on any atom is 0.227 e. The minimum absolute atomic E-state index is 0.0148. The number of rotatable bonds is 5. The molecule has 2 aliphatic rings. The molecule has 0 aliphatic carbocycles. The molecule has 0 bridgehead atoms. The molecule has 1 N–H and O–H groups in total. The number of fused-ring (bicyclic) bond motifs is 1. The van der Waals surface area contributed by atoms with Crippen molar-refractivity contribution in [3.05, 3.63) is 64.2 Å². The highest BCUT2D eigenvalue weighted by molar-refractivity contribution is 6.30. The van der Waals surface area contributed by atoms with E-state index in [1.807, 2.05) is 18.2 Å². The molecule has 3 atom stereocenters. The number of hydrogen-bond donors (Lipinski definition) is 1. The van der Waals surface area contributed by atoms with Gasteiger partial charge in [0.25, 0.3) is 0 Å². The molecule has 2 aromatic rings. The Bertz CT molecular complexity index is 877. The van der Waals surface area contributed by atoms with E-state index in [1.165, 1.54) is 5.56 Å². The molecule has 1 fully saturated rings. The van der Waals surface area contributed by atoms with Crippen LogP contribution in [0.5, 0.6) is 5.75 Å². The molecule has 1 saturated heterocycles. The molecule has 5 nitrogen and oxygen atoms in total. The van der Waals surface area contributed by atoms with Gasteiger partial charge in [0, 0.05) is 31.2 Å². The summed E-state index contributed by atoms with van der Waals surface area (Å²) in [5.74, 6) is 0.643. The van der Waals surface area contributed by atoms with Gasteiger partial charge < -0.3 is 14.8 Å². The number of benzene rings is 2. The van der Waals surface area contributed by atoms with Crippen LogP contribution in [0.3, 0.4) is 0 Å². The third-order valence-corrected chi connectivity index (χ3v) is 5.93. The van der Waals surface area contributed by atoms with Crippen molar-refractivity contribution >= 4 is 17.5 Å². The highest BCUT2D eigenvalue weighted by Gasteiger charge is 2.26. The van der Waals surface area contributed by atoms with E-state index < -0.39 is 0 Å². The zero-order valence-corrected chi connectivity index (χ0v) is 18.3. The van der Waals surface area contributed by atoms with Crippen LogP contribution in [0.4, 0.5) is 0 Å². The minimum atomic E-state index is -0.194. The molecule has 2 aliphatic heterocycles. The monoisotopic (exact) mass is 428 g/mol. The van der Waals surface area contributed by atoms with E-state index >= 15 is 0 Å². The highest BCUT2D eigenvalue weighted by atomic mass is 35.5. The van der Waals surface area contributed by atoms with Gasteiger partial charge >= 0.3 is 0 Å². The summed E-state index contributed by atoms with van der Waals surface area (Å²) in [6.45, 7) is 8.00. The van der Waals surface area contributed by atoms with Gasteiger partial charge in [-0.2, -0.15) is 0 Å². The maximum absolute atomic E-state index is 12.6. The van der Waals surface area contributed by atoms with Crippen LogP contribution < -0.4 is 10.1 Å². The van der Waals surface area contributed by atoms with E-state index in [0.29, 0.717) is 24.6 Å². The van der Waals surface area contributed by atoms with E-state index in [1.54, 1.807) is 0 Å². The Labute approximate surface area is 183 Å². The number of amides is 1. The predicted octanol–water partition coefficient (Wildman–Crippen LogP) is 3.82. The van der Waals surface area contributed by atoms with Crippen molar-refractivity contribution in [3.63, 3.8) is 0 Å². The summed E-state index contributed by atoms with van der Waals surface area (Å²) in [5, 5.41) is 3.71. The Balaban J connectivity index is 1.27. The van der Waals surface area contributed by atoms with Crippen molar-refractivity contribution in [2.45, 2.75) is 45.6 Å². The average molecular weight is 429 g/mol. The summed E-state index contributed by atoms with van der Waals surface area (Å²) in [5.41, 5.74) is 3.36. The lowest BCUT2D eigenvalue weighted by atomic mass is 9.96. The summed E-state index contributed by atoms with van der Waals surface area (Å²) in [4.78, 5) is 15.0. The molecule has 4 rings (SSSR count). The summed E-state index contributed by atoms with van der Waals surface area (Å²) in [7, 11) is 0. The number of halogens is 1. The Morgan fingerprint density at radius 2 is 1.80 bits per heavy atom. The SMILES string of the molecule is CC1CN(Cc2ccc(CNC(=O)C3COc4ccc(Cl)cc4C3)cc2)CC(C)O1. The largest absolute Gasteiger partial charge is 0.492 e. The number of carbonyl (C=O) groups is 1. The molecule has 3 unspecified atom stereocenters. The summed E-state index contributed by atoms with van der Waals surface area (Å²) >= 11 is 6.07. The standard InChI is InChI=1S/C24H29ClN2O3/c1-16-12-27(13-17(2)30-16)14-19-5-3-18(4-6-19)11-26-24(28)21-9-20-10-22(25)7-8-23(20)29-15-21/h3-8,10,16-17,21H,9,11-15H2,1-2H3,(H,26,28). The first-order valence-corrected chi connectivity index (χ1v) is 11.0. The molecule has 0 aromatic heterocycles. The smallest absolute Gasteiger partial charge is 0.227 e. The highest BCUT2D eigenvalue weighted by Crippen LogP contribution is 2.29. The Hall–Kier alpha value is -2.08. The molecule has 30 heavy (non-hydrogen) atoms. The van der Waals surface area contributed by atoms with Gasteiger partial charge in [-0.05, 0) is 55.2 Å². The number of nitrogens with one attached hydrogen (secondary N) is 1. The van der Waals surface area contributed by atoms with Crippen LogP contribution in [-0.4, -0.2) is 42.7 Å². The molecule has 0 saturated carbocycles. The van der Waals surface area contributed by atoms with E-state index in [9.17, 15) is 4.79 Å². The second kappa shape index (κ2) is 9.38. The molecular formula is C24H29ClN2O3. The normalized spacial score (nSPS) is 24.0. The van der Waals surface area contributed by atoms with Gasteiger partial charge in [-0.25, -0.2) is 0 Å².